The molecule has 0 radical (unpaired) electrons. The van der Waals surface area contributed by atoms with Crippen molar-refractivity contribution in [3.8, 4) is 0 Å². The zero-order valence-electron chi connectivity index (χ0n) is 16.1. The minimum absolute atomic E-state index is 0.0477. The molecular weight excluding hydrogens is 390 g/mol. The number of sulfonamides is 1. The summed E-state index contributed by atoms with van der Waals surface area (Å²) in [5.41, 5.74) is 7.92. The van der Waals surface area contributed by atoms with Crippen LogP contribution in [0.5, 0.6) is 0 Å². The van der Waals surface area contributed by atoms with Crippen molar-refractivity contribution in [3.63, 3.8) is 0 Å². The Morgan fingerprint density at radius 2 is 2.03 bits per heavy atom. The number of fused-ring (bicyclic) bond motifs is 1. The molecule has 0 spiro atoms. The van der Waals surface area contributed by atoms with E-state index in [1.165, 1.54) is 12.4 Å². The third kappa shape index (κ3) is 3.69. The summed E-state index contributed by atoms with van der Waals surface area (Å²) in [7, 11) is -3.43. The Kier molecular flexibility index (Phi) is 4.99. The smallest absolute Gasteiger partial charge is 0.232 e. The van der Waals surface area contributed by atoms with E-state index in [2.05, 4.69) is 14.7 Å². The molecule has 0 amide bonds. The van der Waals surface area contributed by atoms with E-state index in [9.17, 15) is 13.2 Å². The van der Waals surface area contributed by atoms with Crippen LogP contribution in [-0.4, -0.2) is 34.5 Å². The maximum absolute atomic E-state index is 13.3. The van der Waals surface area contributed by atoms with Gasteiger partial charge in [0.2, 0.25) is 10.0 Å². The molecule has 0 unspecified atom stereocenters. The highest BCUT2D eigenvalue weighted by Gasteiger charge is 2.25. The fraction of sp³-hybridized carbons (Fsp3) is 0.350. The molecule has 3 N–H and O–H groups in total. The number of nitrogen functional groups attached to an aromatic ring is 1. The first-order valence-corrected chi connectivity index (χ1v) is 11.3. The van der Waals surface area contributed by atoms with E-state index in [0.29, 0.717) is 27.8 Å². The second-order valence-electron chi connectivity index (χ2n) is 7.26. The highest BCUT2D eigenvalue weighted by atomic mass is 32.2. The lowest BCUT2D eigenvalue weighted by molar-refractivity contribution is 0.104. The second kappa shape index (κ2) is 7.47. The van der Waals surface area contributed by atoms with Crippen LogP contribution >= 0.6 is 0 Å². The number of rotatable bonds is 6. The van der Waals surface area contributed by atoms with Gasteiger partial charge in [0, 0.05) is 23.5 Å². The van der Waals surface area contributed by atoms with Gasteiger partial charge in [0.1, 0.15) is 17.8 Å². The molecule has 3 aromatic rings. The van der Waals surface area contributed by atoms with E-state index in [1.54, 1.807) is 25.1 Å². The van der Waals surface area contributed by atoms with E-state index < -0.39 is 10.0 Å². The average Bonchev–Trinajstić information content (AvgIpc) is 3.35. The van der Waals surface area contributed by atoms with Gasteiger partial charge >= 0.3 is 0 Å². The van der Waals surface area contributed by atoms with Gasteiger partial charge in [-0.05, 0) is 31.9 Å². The number of anilines is 2. The van der Waals surface area contributed by atoms with Crippen molar-refractivity contribution in [1.82, 2.24) is 14.5 Å². The zero-order valence-corrected chi connectivity index (χ0v) is 16.9. The lowest BCUT2D eigenvalue weighted by Gasteiger charge is -2.12. The Morgan fingerprint density at radius 3 is 2.76 bits per heavy atom. The van der Waals surface area contributed by atoms with Crippen LogP contribution in [0.4, 0.5) is 11.5 Å². The maximum Gasteiger partial charge on any atom is 0.232 e. The summed E-state index contributed by atoms with van der Waals surface area (Å²) in [6.45, 7) is 1.55. The van der Waals surface area contributed by atoms with Crippen LogP contribution in [0.2, 0.25) is 0 Å². The molecule has 2 aromatic heterocycles. The van der Waals surface area contributed by atoms with Gasteiger partial charge in [-0.2, -0.15) is 0 Å². The second-order valence-corrected chi connectivity index (χ2v) is 9.27. The van der Waals surface area contributed by atoms with Crippen LogP contribution < -0.4 is 10.5 Å². The predicted molar refractivity (Wildman–Crippen MR) is 112 cm³/mol. The summed E-state index contributed by atoms with van der Waals surface area (Å²) in [5, 5.41) is 0.545. The van der Waals surface area contributed by atoms with Crippen LogP contribution in [0.25, 0.3) is 11.0 Å². The number of nitrogens with one attached hydrogen (secondary N) is 1. The van der Waals surface area contributed by atoms with Gasteiger partial charge in [-0.15, -0.1) is 0 Å². The van der Waals surface area contributed by atoms with E-state index in [-0.39, 0.29) is 23.4 Å². The van der Waals surface area contributed by atoms with Crippen molar-refractivity contribution in [2.75, 3.05) is 16.2 Å². The molecule has 0 atom stereocenters. The van der Waals surface area contributed by atoms with Crippen molar-refractivity contribution in [3.05, 3.63) is 47.9 Å². The molecule has 4 rings (SSSR count). The SMILES string of the molecule is CCS(=O)(=O)Nc1cccc(C(=O)c2cn(C3CCCC3)c3ncnc(N)c23)c1. The Bertz CT molecular complexity index is 1180. The summed E-state index contributed by atoms with van der Waals surface area (Å²) in [5.74, 6) is -0.0304. The monoisotopic (exact) mass is 413 g/mol. The molecule has 152 valence electrons. The molecule has 0 saturated heterocycles. The Labute approximate surface area is 169 Å². The van der Waals surface area contributed by atoms with E-state index in [0.717, 1.165) is 25.7 Å². The normalized spacial score (nSPS) is 15.1. The van der Waals surface area contributed by atoms with Crippen molar-refractivity contribution in [2.45, 2.75) is 38.6 Å². The largest absolute Gasteiger partial charge is 0.383 e. The molecule has 29 heavy (non-hydrogen) atoms. The number of ketones is 1. The summed E-state index contributed by atoms with van der Waals surface area (Å²) >= 11 is 0. The van der Waals surface area contributed by atoms with Crippen LogP contribution in [0.3, 0.4) is 0 Å². The summed E-state index contributed by atoms with van der Waals surface area (Å²) in [6.07, 6.45) is 7.60. The minimum Gasteiger partial charge on any atom is -0.383 e. The quantitative estimate of drug-likeness (QED) is 0.599. The fourth-order valence-corrected chi connectivity index (χ4v) is 4.50. The number of benzene rings is 1. The highest BCUT2D eigenvalue weighted by Crippen LogP contribution is 2.35. The molecule has 0 aliphatic heterocycles. The first-order valence-electron chi connectivity index (χ1n) is 9.66. The van der Waals surface area contributed by atoms with Gasteiger partial charge in [-0.25, -0.2) is 18.4 Å². The molecule has 1 fully saturated rings. The Morgan fingerprint density at radius 1 is 1.28 bits per heavy atom. The van der Waals surface area contributed by atoms with Gasteiger partial charge < -0.3 is 10.3 Å². The van der Waals surface area contributed by atoms with E-state index in [4.69, 9.17) is 5.73 Å². The first kappa shape index (κ1) is 19.4. The molecule has 2 heterocycles. The van der Waals surface area contributed by atoms with Gasteiger partial charge in [0.15, 0.2) is 5.78 Å². The lowest BCUT2D eigenvalue weighted by Crippen LogP contribution is -2.15. The number of carbonyl (C=O) groups excluding carboxylic acids is 1. The average molecular weight is 414 g/mol. The molecule has 1 aliphatic carbocycles. The van der Waals surface area contributed by atoms with E-state index in [1.807, 2.05) is 10.8 Å². The molecule has 1 aromatic carbocycles. The van der Waals surface area contributed by atoms with Crippen molar-refractivity contribution >= 4 is 38.3 Å². The van der Waals surface area contributed by atoms with Gasteiger partial charge in [-0.1, -0.05) is 25.0 Å². The number of aromatic nitrogens is 3. The summed E-state index contributed by atoms with van der Waals surface area (Å²) in [6, 6.07) is 6.75. The van der Waals surface area contributed by atoms with Gasteiger partial charge in [0.05, 0.1) is 16.7 Å². The standard InChI is InChI=1S/C20H23N5O3S/c1-2-29(27,28)24-14-7-5-6-13(10-14)18(26)16-11-25(15-8-3-4-9-15)20-17(16)19(21)22-12-23-20/h5-7,10-12,15,24H,2-4,8-9H2,1H3,(H2,21,22,23). The van der Waals surface area contributed by atoms with Crippen molar-refractivity contribution in [2.24, 2.45) is 0 Å². The molecule has 0 bridgehead atoms. The third-order valence-electron chi connectivity index (χ3n) is 5.38. The fourth-order valence-electron chi connectivity index (χ4n) is 3.87. The van der Waals surface area contributed by atoms with Crippen LogP contribution in [0.1, 0.15) is 54.6 Å². The van der Waals surface area contributed by atoms with Gasteiger partial charge in [0.25, 0.3) is 0 Å². The number of hydrogen-bond donors (Lipinski definition) is 2. The van der Waals surface area contributed by atoms with Gasteiger partial charge in [-0.3, -0.25) is 9.52 Å². The topological polar surface area (TPSA) is 120 Å². The molecular formula is C20H23N5O3S. The lowest BCUT2D eigenvalue weighted by atomic mass is 10.0. The van der Waals surface area contributed by atoms with Crippen molar-refractivity contribution in [1.29, 1.82) is 0 Å². The molecule has 1 saturated carbocycles. The first-order chi connectivity index (χ1) is 13.9. The number of hydrogen-bond acceptors (Lipinski definition) is 6. The van der Waals surface area contributed by atoms with Crippen LogP contribution in [0, 0.1) is 0 Å². The third-order valence-corrected chi connectivity index (χ3v) is 6.69. The van der Waals surface area contributed by atoms with Crippen LogP contribution in [-0.2, 0) is 10.0 Å². The Hall–Kier alpha value is -2.94. The zero-order chi connectivity index (χ0) is 20.6. The number of nitrogens with two attached hydrogens (primary N) is 1. The Balaban J connectivity index is 1.78. The predicted octanol–water partition coefficient (Wildman–Crippen LogP) is 3.12. The maximum atomic E-state index is 13.3. The molecule has 1 aliphatic rings. The minimum atomic E-state index is -3.43. The number of nitrogens with zero attached hydrogens (tertiary/aromatic N) is 3. The van der Waals surface area contributed by atoms with Crippen molar-refractivity contribution < 1.29 is 13.2 Å². The van der Waals surface area contributed by atoms with E-state index >= 15 is 0 Å². The summed E-state index contributed by atoms with van der Waals surface area (Å²) < 4.78 is 28.2. The molecule has 8 nitrogen and oxygen atoms in total. The van der Waals surface area contributed by atoms with Crippen LogP contribution in [0.15, 0.2) is 36.8 Å². The highest BCUT2D eigenvalue weighted by molar-refractivity contribution is 7.92. The molecule has 9 heteroatoms. The number of carbonyl (C=O) groups is 1. The summed E-state index contributed by atoms with van der Waals surface area (Å²) in [4.78, 5) is 21.8.